The predicted octanol–water partition coefficient (Wildman–Crippen LogP) is 3.88. The monoisotopic (exact) mass is 296 g/mol. The van der Waals surface area contributed by atoms with Crippen LogP contribution in [0.3, 0.4) is 0 Å². The molecule has 0 aliphatic carbocycles. The largest absolute Gasteiger partial charge is 0.387 e. The lowest BCUT2D eigenvalue weighted by molar-refractivity contribution is 0.119. The van der Waals surface area contributed by atoms with Gasteiger partial charge in [-0.25, -0.2) is 4.39 Å². The first-order chi connectivity index (χ1) is 9.32. The Balaban J connectivity index is 2.67. The highest BCUT2D eigenvalue weighted by Gasteiger charge is 2.25. The van der Waals surface area contributed by atoms with Gasteiger partial charge in [-0.2, -0.15) is 5.10 Å². The van der Waals surface area contributed by atoms with E-state index in [1.807, 2.05) is 20.8 Å². The summed E-state index contributed by atoms with van der Waals surface area (Å²) in [5.74, 6) is -0.339. The van der Waals surface area contributed by atoms with Gasteiger partial charge in [0.25, 0.3) is 0 Å². The molecule has 0 bridgehead atoms. The Morgan fingerprint density at radius 2 is 2.00 bits per heavy atom. The first-order valence-corrected chi connectivity index (χ1v) is 6.87. The molecule has 1 unspecified atom stereocenters. The number of hydrogen-bond acceptors (Lipinski definition) is 2. The molecular formula is C15H18ClFN2O. The molecule has 0 saturated carbocycles. The Hall–Kier alpha value is -1.39. The van der Waals surface area contributed by atoms with Gasteiger partial charge in [0.05, 0.1) is 22.5 Å². The zero-order valence-electron chi connectivity index (χ0n) is 12.0. The number of benzene rings is 1. The summed E-state index contributed by atoms with van der Waals surface area (Å²) < 4.78 is 14.9. The molecule has 20 heavy (non-hydrogen) atoms. The summed E-state index contributed by atoms with van der Waals surface area (Å²) in [5, 5.41) is 15.1. The number of halogens is 2. The summed E-state index contributed by atoms with van der Waals surface area (Å²) in [6.45, 7) is 5.72. The van der Waals surface area contributed by atoms with Crippen LogP contribution in [0.1, 0.15) is 31.3 Å². The minimum absolute atomic E-state index is 0.0442. The Morgan fingerprint density at radius 3 is 2.55 bits per heavy atom. The van der Waals surface area contributed by atoms with Gasteiger partial charge >= 0.3 is 0 Å². The molecule has 2 rings (SSSR count). The third-order valence-electron chi connectivity index (χ3n) is 3.38. The molecule has 0 saturated heterocycles. The van der Waals surface area contributed by atoms with E-state index in [4.69, 9.17) is 11.6 Å². The Bertz CT molecular complexity index is 637. The smallest absolute Gasteiger partial charge is 0.124 e. The van der Waals surface area contributed by atoms with Crippen LogP contribution in [0.15, 0.2) is 18.2 Å². The van der Waals surface area contributed by atoms with Crippen LogP contribution in [0.4, 0.5) is 4.39 Å². The third-order valence-corrected chi connectivity index (χ3v) is 3.69. The van der Waals surface area contributed by atoms with E-state index >= 15 is 0 Å². The summed E-state index contributed by atoms with van der Waals surface area (Å²) in [4.78, 5) is 0. The Kier molecular flexibility index (Phi) is 4.16. The van der Waals surface area contributed by atoms with Crippen LogP contribution in [0.5, 0.6) is 0 Å². The van der Waals surface area contributed by atoms with Crippen LogP contribution in [0.2, 0.25) is 5.02 Å². The topological polar surface area (TPSA) is 38.0 Å². The lowest BCUT2D eigenvalue weighted by atomic mass is 9.95. The van der Waals surface area contributed by atoms with Crippen molar-refractivity contribution in [2.24, 2.45) is 13.0 Å². The summed E-state index contributed by atoms with van der Waals surface area (Å²) in [6.07, 6.45) is -0.655. The molecule has 5 heteroatoms. The van der Waals surface area contributed by atoms with Gasteiger partial charge in [0.1, 0.15) is 5.82 Å². The van der Waals surface area contributed by atoms with E-state index in [2.05, 4.69) is 5.10 Å². The van der Waals surface area contributed by atoms with Crippen molar-refractivity contribution < 1.29 is 9.50 Å². The molecule has 0 aliphatic heterocycles. The Morgan fingerprint density at radius 1 is 1.35 bits per heavy atom. The van der Waals surface area contributed by atoms with E-state index < -0.39 is 6.10 Å². The first kappa shape index (κ1) is 15.0. The average molecular weight is 297 g/mol. The van der Waals surface area contributed by atoms with Crippen molar-refractivity contribution in [2.45, 2.75) is 26.9 Å². The number of nitrogens with zero attached hydrogens (tertiary/aromatic N) is 2. The van der Waals surface area contributed by atoms with E-state index in [0.717, 1.165) is 11.3 Å². The van der Waals surface area contributed by atoms with Crippen molar-refractivity contribution in [3.05, 3.63) is 40.4 Å². The highest BCUT2D eigenvalue weighted by atomic mass is 35.5. The Labute approximate surface area is 123 Å². The van der Waals surface area contributed by atoms with Crippen molar-refractivity contribution in [2.75, 3.05) is 0 Å². The zero-order valence-corrected chi connectivity index (χ0v) is 12.7. The van der Waals surface area contributed by atoms with E-state index in [1.54, 1.807) is 17.8 Å². The summed E-state index contributed by atoms with van der Waals surface area (Å²) in [6, 6.07) is 4.26. The van der Waals surface area contributed by atoms with E-state index in [0.29, 0.717) is 16.3 Å². The lowest BCUT2D eigenvalue weighted by Crippen LogP contribution is -2.12. The standard InChI is InChI=1S/C15H18ClFN2O/c1-8(2)15(20)14-13(9(3)18-19(14)4)11-6-5-10(17)7-12(11)16/h5-8,15,20H,1-4H3. The minimum Gasteiger partial charge on any atom is -0.387 e. The van der Waals surface area contributed by atoms with Gasteiger partial charge in [0, 0.05) is 18.2 Å². The number of aliphatic hydroxyl groups is 1. The van der Waals surface area contributed by atoms with Crippen molar-refractivity contribution in [1.29, 1.82) is 0 Å². The molecule has 1 aromatic carbocycles. The molecule has 0 aliphatic rings. The molecule has 0 fully saturated rings. The van der Waals surface area contributed by atoms with E-state index in [-0.39, 0.29) is 11.7 Å². The second-order valence-electron chi connectivity index (χ2n) is 5.28. The molecular weight excluding hydrogens is 279 g/mol. The molecule has 1 atom stereocenters. The van der Waals surface area contributed by atoms with E-state index in [9.17, 15) is 9.50 Å². The highest BCUT2D eigenvalue weighted by Crippen LogP contribution is 2.37. The van der Waals surface area contributed by atoms with Gasteiger partial charge < -0.3 is 5.11 Å². The van der Waals surface area contributed by atoms with Crippen molar-refractivity contribution in [1.82, 2.24) is 9.78 Å². The van der Waals surface area contributed by atoms with Crippen LogP contribution in [-0.4, -0.2) is 14.9 Å². The van der Waals surface area contributed by atoms with Gasteiger partial charge in [-0.3, -0.25) is 4.68 Å². The fraction of sp³-hybridized carbons (Fsp3) is 0.400. The first-order valence-electron chi connectivity index (χ1n) is 6.50. The zero-order chi connectivity index (χ0) is 15.0. The van der Waals surface area contributed by atoms with Gasteiger partial charge in [0.15, 0.2) is 0 Å². The van der Waals surface area contributed by atoms with Crippen LogP contribution in [0.25, 0.3) is 11.1 Å². The highest BCUT2D eigenvalue weighted by molar-refractivity contribution is 6.33. The van der Waals surface area contributed by atoms with Crippen molar-refractivity contribution in [3.63, 3.8) is 0 Å². The van der Waals surface area contributed by atoms with Crippen LogP contribution in [-0.2, 0) is 7.05 Å². The second-order valence-corrected chi connectivity index (χ2v) is 5.69. The van der Waals surface area contributed by atoms with Crippen LogP contribution < -0.4 is 0 Å². The molecule has 2 aromatic rings. The molecule has 1 N–H and O–H groups in total. The van der Waals surface area contributed by atoms with E-state index in [1.165, 1.54) is 12.1 Å². The van der Waals surface area contributed by atoms with Gasteiger partial charge in [0.2, 0.25) is 0 Å². The van der Waals surface area contributed by atoms with Gasteiger partial charge in [-0.15, -0.1) is 0 Å². The average Bonchev–Trinajstić information content (AvgIpc) is 2.63. The summed E-state index contributed by atoms with van der Waals surface area (Å²) in [5.41, 5.74) is 2.92. The van der Waals surface area contributed by atoms with Crippen molar-refractivity contribution >= 4 is 11.6 Å². The normalized spacial score (nSPS) is 13.0. The SMILES string of the molecule is Cc1nn(C)c(C(O)C(C)C)c1-c1ccc(F)cc1Cl. The molecule has 0 radical (unpaired) electrons. The van der Waals surface area contributed by atoms with Gasteiger partial charge in [-0.05, 0) is 31.0 Å². The fourth-order valence-corrected chi connectivity index (χ4v) is 2.62. The number of aryl methyl sites for hydroxylation is 2. The molecule has 1 aromatic heterocycles. The summed E-state index contributed by atoms with van der Waals surface area (Å²) in [7, 11) is 1.79. The number of rotatable bonds is 3. The minimum atomic E-state index is -0.655. The summed E-state index contributed by atoms with van der Waals surface area (Å²) >= 11 is 6.14. The van der Waals surface area contributed by atoms with Gasteiger partial charge in [-0.1, -0.05) is 25.4 Å². The maximum Gasteiger partial charge on any atom is 0.124 e. The molecule has 3 nitrogen and oxygen atoms in total. The third kappa shape index (κ3) is 2.58. The molecule has 108 valence electrons. The number of aliphatic hydroxyl groups excluding tert-OH is 1. The predicted molar refractivity (Wildman–Crippen MR) is 78.1 cm³/mol. The molecule has 0 amide bonds. The maximum atomic E-state index is 13.2. The van der Waals surface area contributed by atoms with Crippen LogP contribution >= 0.6 is 11.6 Å². The quantitative estimate of drug-likeness (QED) is 0.933. The molecule has 1 heterocycles. The lowest BCUT2D eigenvalue weighted by Gasteiger charge is -2.17. The number of hydrogen-bond donors (Lipinski definition) is 1. The number of aromatic nitrogens is 2. The second kappa shape index (κ2) is 5.54. The molecule has 0 spiro atoms. The van der Waals surface area contributed by atoms with Crippen molar-refractivity contribution in [3.8, 4) is 11.1 Å². The maximum absolute atomic E-state index is 13.2. The van der Waals surface area contributed by atoms with Crippen LogP contribution in [0, 0.1) is 18.7 Å². The fourth-order valence-electron chi connectivity index (χ4n) is 2.36.